The molecular weight excluding hydrogens is 574 g/mol. The maximum Gasteiger partial charge on any atom is 0.164 e. The average Bonchev–Trinajstić information content (AvgIpc) is 3.69. The van der Waals surface area contributed by atoms with Gasteiger partial charge in [-0.3, -0.25) is 0 Å². The zero-order valence-electron chi connectivity index (χ0n) is 25.3. The lowest BCUT2D eigenvalue weighted by molar-refractivity contribution is 0.269. The van der Waals surface area contributed by atoms with Gasteiger partial charge in [0, 0.05) is 28.2 Å². The number of fused-ring (bicyclic) bond motifs is 6. The predicted octanol–water partition coefficient (Wildman–Crippen LogP) is 10.3. The topological polar surface area (TPSA) is 47.9 Å². The van der Waals surface area contributed by atoms with Crippen LogP contribution < -0.4 is 4.74 Å². The molecule has 1 aliphatic heterocycles. The van der Waals surface area contributed by atoms with E-state index >= 15 is 0 Å². The van der Waals surface area contributed by atoms with Crippen LogP contribution in [0.3, 0.4) is 0 Å². The molecule has 0 bridgehead atoms. The van der Waals surface area contributed by atoms with E-state index in [0.717, 1.165) is 28.0 Å². The van der Waals surface area contributed by atoms with E-state index < -0.39 is 0 Å². The van der Waals surface area contributed by atoms with Gasteiger partial charge in [0.15, 0.2) is 17.5 Å². The molecule has 0 saturated heterocycles. The van der Waals surface area contributed by atoms with E-state index in [0.29, 0.717) is 17.5 Å². The second-order valence-corrected chi connectivity index (χ2v) is 12.3. The summed E-state index contributed by atoms with van der Waals surface area (Å²) in [5, 5.41) is 2.57. The fraction of sp³-hybridized carbons (Fsp3) is 0.0465. The van der Waals surface area contributed by atoms with Gasteiger partial charge < -0.3 is 4.74 Å². The molecule has 2 heterocycles. The zero-order chi connectivity index (χ0) is 30.9. The summed E-state index contributed by atoms with van der Waals surface area (Å²) < 4.78 is 6.27. The van der Waals surface area contributed by atoms with Gasteiger partial charge in [-0.25, -0.2) is 15.0 Å². The summed E-state index contributed by atoms with van der Waals surface area (Å²) in [6.07, 6.45) is 8.61. The van der Waals surface area contributed by atoms with Crippen LogP contribution in [-0.4, -0.2) is 21.1 Å². The molecule has 7 aromatic rings. The van der Waals surface area contributed by atoms with Gasteiger partial charge >= 0.3 is 0 Å². The van der Waals surface area contributed by atoms with Gasteiger partial charge in [0.05, 0.1) is 0 Å². The number of nitrogens with zero attached hydrogens (tertiary/aromatic N) is 3. The molecule has 3 aliphatic rings. The highest BCUT2D eigenvalue weighted by Crippen LogP contribution is 2.49. The van der Waals surface area contributed by atoms with E-state index in [-0.39, 0.29) is 12.0 Å². The summed E-state index contributed by atoms with van der Waals surface area (Å²) >= 11 is 0. The van der Waals surface area contributed by atoms with Gasteiger partial charge in [-0.1, -0.05) is 133 Å². The molecule has 2 aliphatic carbocycles. The van der Waals surface area contributed by atoms with E-state index in [4.69, 9.17) is 19.7 Å². The SMILES string of the molecule is C1=CC2Oc3cccc(-c4ccc(-c5nc(-c6ccccc6)nc(-c6ccc7c(c6)-c6cccc8cccc-7c68)n5)cc4)c3C2C=C1. The molecule has 2 atom stereocenters. The first-order valence-corrected chi connectivity index (χ1v) is 16.0. The van der Waals surface area contributed by atoms with E-state index in [9.17, 15) is 0 Å². The summed E-state index contributed by atoms with van der Waals surface area (Å²) in [6.45, 7) is 0. The quantitative estimate of drug-likeness (QED) is 0.201. The first-order valence-electron chi connectivity index (χ1n) is 16.0. The van der Waals surface area contributed by atoms with Crippen molar-refractivity contribution in [2.45, 2.75) is 12.0 Å². The van der Waals surface area contributed by atoms with Crippen molar-refractivity contribution >= 4 is 10.8 Å². The highest BCUT2D eigenvalue weighted by Gasteiger charge is 2.34. The minimum Gasteiger partial charge on any atom is -0.485 e. The second-order valence-electron chi connectivity index (χ2n) is 12.3. The van der Waals surface area contributed by atoms with Crippen LogP contribution in [0.1, 0.15) is 11.5 Å². The van der Waals surface area contributed by atoms with Crippen molar-refractivity contribution < 1.29 is 4.74 Å². The third-order valence-electron chi connectivity index (χ3n) is 9.63. The number of hydrogen-bond acceptors (Lipinski definition) is 4. The standard InChI is InChI=1S/C43H27N3O/c1-2-9-28(10-3-1)41-44-42(29-21-19-26(20-22-29)31-14-8-18-38-40(31)35-13-4-5-17-37(35)47-38)46-43(45-41)30-23-24-32-33-15-6-11-27-12-7-16-34(39(27)33)36(32)25-30/h1-25,35,37H. The van der Waals surface area contributed by atoms with E-state index in [1.54, 1.807) is 0 Å². The molecule has 0 radical (unpaired) electrons. The first kappa shape index (κ1) is 26.1. The number of ether oxygens (including phenoxy) is 1. The Labute approximate surface area is 272 Å². The van der Waals surface area contributed by atoms with Crippen molar-refractivity contribution in [3.8, 4) is 73.3 Å². The van der Waals surface area contributed by atoms with Crippen LogP contribution in [0, 0.1) is 0 Å². The molecule has 2 unspecified atom stereocenters. The largest absolute Gasteiger partial charge is 0.485 e. The Bertz CT molecular complexity index is 2440. The summed E-state index contributed by atoms with van der Waals surface area (Å²) in [5.74, 6) is 3.14. The number of aromatic nitrogens is 3. The maximum absolute atomic E-state index is 6.27. The number of allylic oxidation sites excluding steroid dienone is 2. The zero-order valence-corrected chi connectivity index (χ0v) is 25.3. The molecule has 1 aromatic heterocycles. The number of hydrogen-bond donors (Lipinski definition) is 0. The van der Waals surface area contributed by atoms with E-state index in [2.05, 4.69) is 121 Å². The summed E-state index contributed by atoms with van der Waals surface area (Å²) in [4.78, 5) is 15.1. The van der Waals surface area contributed by atoms with Gasteiger partial charge in [-0.2, -0.15) is 0 Å². The number of rotatable bonds is 4. The van der Waals surface area contributed by atoms with E-state index in [1.165, 1.54) is 44.2 Å². The second kappa shape index (κ2) is 10.2. The summed E-state index contributed by atoms with van der Waals surface area (Å²) in [5.41, 5.74) is 11.4. The van der Waals surface area contributed by atoms with Crippen molar-refractivity contribution in [3.63, 3.8) is 0 Å². The van der Waals surface area contributed by atoms with Crippen LogP contribution in [0.15, 0.2) is 152 Å². The number of benzene rings is 6. The molecule has 220 valence electrons. The lowest BCUT2D eigenvalue weighted by Gasteiger charge is -2.16. The fourth-order valence-corrected chi connectivity index (χ4v) is 7.43. The summed E-state index contributed by atoms with van der Waals surface area (Å²) in [7, 11) is 0. The molecule has 4 nitrogen and oxygen atoms in total. The molecule has 0 fully saturated rings. The van der Waals surface area contributed by atoms with Crippen molar-refractivity contribution in [1.82, 2.24) is 15.0 Å². The Morgan fingerprint density at radius 3 is 1.85 bits per heavy atom. The van der Waals surface area contributed by atoms with Gasteiger partial charge in [0.2, 0.25) is 0 Å². The average molecular weight is 602 g/mol. The normalized spacial score (nSPS) is 16.5. The van der Waals surface area contributed by atoms with Crippen LogP contribution in [0.25, 0.3) is 78.3 Å². The van der Waals surface area contributed by atoms with Crippen LogP contribution >= 0.6 is 0 Å². The molecule has 0 saturated carbocycles. The predicted molar refractivity (Wildman–Crippen MR) is 189 cm³/mol. The van der Waals surface area contributed by atoms with Crippen LogP contribution in [-0.2, 0) is 0 Å². The van der Waals surface area contributed by atoms with Crippen molar-refractivity contribution in [2.24, 2.45) is 0 Å². The molecule has 4 heteroatoms. The maximum atomic E-state index is 6.27. The fourth-order valence-electron chi connectivity index (χ4n) is 7.43. The van der Waals surface area contributed by atoms with Crippen molar-refractivity contribution in [1.29, 1.82) is 0 Å². The Balaban J connectivity index is 1.07. The smallest absolute Gasteiger partial charge is 0.164 e. The van der Waals surface area contributed by atoms with Crippen LogP contribution in [0.2, 0.25) is 0 Å². The monoisotopic (exact) mass is 601 g/mol. The highest BCUT2D eigenvalue weighted by molar-refractivity contribution is 6.15. The molecular formula is C43H27N3O. The van der Waals surface area contributed by atoms with Gasteiger partial charge in [-0.05, 0) is 62.4 Å². The Morgan fingerprint density at radius 2 is 1.06 bits per heavy atom. The third-order valence-corrected chi connectivity index (χ3v) is 9.63. The molecule has 0 N–H and O–H groups in total. The Hall–Kier alpha value is -6.13. The highest BCUT2D eigenvalue weighted by atomic mass is 16.5. The van der Waals surface area contributed by atoms with Crippen LogP contribution in [0.5, 0.6) is 5.75 Å². The molecule has 0 spiro atoms. The summed E-state index contributed by atoms with van der Waals surface area (Å²) in [6, 6.07) is 44.7. The van der Waals surface area contributed by atoms with Crippen LogP contribution in [0.4, 0.5) is 0 Å². The first-order chi connectivity index (χ1) is 23.3. The van der Waals surface area contributed by atoms with Gasteiger partial charge in [0.25, 0.3) is 0 Å². The third kappa shape index (κ3) is 4.12. The molecule has 6 aromatic carbocycles. The van der Waals surface area contributed by atoms with Gasteiger partial charge in [0.1, 0.15) is 11.9 Å². The Kier molecular flexibility index (Phi) is 5.67. The molecule has 0 amide bonds. The molecule has 10 rings (SSSR count). The Morgan fingerprint density at radius 1 is 0.447 bits per heavy atom. The van der Waals surface area contributed by atoms with Gasteiger partial charge in [-0.15, -0.1) is 0 Å². The van der Waals surface area contributed by atoms with E-state index in [1.807, 2.05) is 30.3 Å². The lowest BCUT2D eigenvalue weighted by atomic mass is 9.86. The minimum atomic E-state index is 0.0526. The van der Waals surface area contributed by atoms with Crippen molar-refractivity contribution in [2.75, 3.05) is 0 Å². The van der Waals surface area contributed by atoms with Crippen molar-refractivity contribution in [3.05, 3.63) is 157 Å². The lowest BCUT2D eigenvalue weighted by Crippen LogP contribution is -2.15. The molecule has 47 heavy (non-hydrogen) atoms. The minimum absolute atomic E-state index is 0.0526.